The van der Waals surface area contributed by atoms with Crippen molar-refractivity contribution in [3.8, 4) is 0 Å². The highest BCUT2D eigenvalue weighted by molar-refractivity contribution is 7.99. The molecule has 3 atom stereocenters. The van der Waals surface area contributed by atoms with E-state index in [0.29, 0.717) is 11.6 Å². The molecule has 1 aliphatic rings. The lowest BCUT2D eigenvalue weighted by Crippen LogP contribution is -2.57. The van der Waals surface area contributed by atoms with Gasteiger partial charge in [0.25, 0.3) is 0 Å². The summed E-state index contributed by atoms with van der Waals surface area (Å²) in [5.41, 5.74) is 0.726. The molecule has 0 aromatic heterocycles. The smallest absolute Gasteiger partial charge is 0.248 e. The standard InChI is InChI=1S/C23H30N4O3S/c1-14(2)20(26-21(28)15(3)24-4)23(30)27-13-31-12-19(27)22(29)25-18-11-7-9-16-8-5-6-10-17(16)18/h5-11,14-15,19-20,24H,12-13H2,1-4H3,(H,25,29)(H,26,28)/t15-,19-,20-/m0/s1. The summed E-state index contributed by atoms with van der Waals surface area (Å²) in [7, 11) is 1.70. The number of nitrogens with one attached hydrogen (secondary N) is 3. The van der Waals surface area contributed by atoms with Gasteiger partial charge in [0.15, 0.2) is 0 Å². The van der Waals surface area contributed by atoms with Gasteiger partial charge in [-0.05, 0) is 31.3 Å². The van der Waals surface area contributed by atoms with Crippen LogP contribution in [0.1, 0.15) is 20.8 Å². The first kappa shape index (κ1) is 23.1. The molecule has 3 amide bonds. The monoisotopic (exact) mass is 442 g/mol. The number of carbonyl (C=O) groups is 3. The lowest BCUT2D eigenvalue weighted by molar-refractivity contribution is -0.141. The number of nitrogens with zero attached hydrogens (tertiary/aromatic N) is 1. The van der Waals surface area contributed by atoms with Crippen molar-refractivity contribution in [3.63, 3.8) is 0 Å². The van der Waals surface area contributed by atoms with Gasteiger partial charge in [0.05, 0.1) is 11.9 Å². The van der Waals surface area contributed by atoms with Crippen molar-refractivity contribution in [2.24, 2.45) is 5.92 Å². The van der Waals surface area contributed by atoms with Crippen LogP contribution in [-0.4, -0.2) is 59.4 Å². The highest BCUT2D eigenvalue weighted by Crippen LogP contribution is 2.27. The maximum absolute atomic E-state index is 13.3. The number of hydrogen-bond acceptors (Lipinski definition) is 5. The molecule has 0 saturated carbocycles. The Morgan fingerprint density at radius 2 is 1.77 bits per heavy atom. The molecule has 7 nitrogen and oxygen atoms in total. The molecule has 0 aliphatic carbocycles. The molecular formula is C23H30N4O3S. The number of hydrogen-bond donors (Lipinski definition) is 3. The fourth-order valence-corrected chi connectivity index (χ4v) is 4.69. The zero-order valence-corrected chi connectivity index (χ0v) is 19.2. The number of anilines is 1. The average Bonchev–Trinajstić information content (AvgIpc) is 3.26. The van der Waals surface area contributed by atoms with Crippen molar-refractivity contribution >= 4 is 45.9 Å². The number of fused-ring (bicyclic) bond motifs is 1. The maximum atomic E-state index is 13.3. The van der Waals surface area contributed by atoms with E-state index in [1.54, 1.807) is 18.9 Å². The molecule has 3 N–H and O–H groups in total. The molecule has 3 rings (SSSR count). The Kier molecular flexibility index (Phi) is 7.56. The third kappa shape index (κ3) is 5.19. The lowest BCUT2D eigenvalue weighted by Gasteiger charge is -2.30. The maximum Gasteiger partial charge on any atom is 0.248 e. The van der Waals surface area contributed by atoms with E-state index < -0.39 is 18.1 Å². The van der Waals surface area contributed by atoms with Gasteiger partial charge in [0, 0.05) is 16.8 Å². The Morgan fingerprint density at radius 1 is 1.06 bits per heavy atom. The van der Waals surface area contributed by atoms with E-state index in [2.05, 4.69) is 16.0 Å². The highest BCUT2D eigenvalue weighted by Gasteiger charge is 2.39. The van der Waals surface area contributed by atoms with Crippen molar-refractivity contribution in [2.45, 2.75) is 38.9 Å². The van der Waals surface area contributed by atoms with Crippen LogP contribution in [0.5, 0.6) is 0 Å². The van der Waals surface area contributed by atoms with E-state index in [4.69, 9.17) is 0 Å². The van der Waals surface area contributed by atoms with Gasteiger partial charge in [0.1, 0.15) is 12.1 Å². The zero-order valence-electron chi connectivity index (χ0n) is 18.3. The molecule has 31 heavy (non-hydrogen) atoms. The summed E-state index contributed by atoms with van der Waals surface area (Å²) in [5, 5.41) is 10.7. The van der Waals surface area contributed by atoms with Crippen LogP contribution in [0.15, 0.2) is 42.5 Å². The number of amides is 3. The van der Waals surface area contributed by atoms with Gasteiger partial charge in [-0.15, -0.1) is 11.8 Å². The second-order valence-electron chi connectivity index (χ2n) is 8.08. The first-order chi connectivity index (χ1) is 14.8. The zero-order chi connectivity index (χ0) is 22.5. The average molecular weight is 443 g/mol. The van der Waals surface area contributed by atoms with Crippen LogP contribution < -0.4 is 16.0 Å². The molecule has 1 heterocycles. The first-order valence-electron chi connectivity index (χ1n) is 10.5. The van der Waals surface area contributed by atoms with Crippen LogP contribution in [0.3, 0.4) is 0 Å². The fraction of sp³-hybridized carbons (Fsp3) is 0.435. The van der Waals surface area contributed by atoms with Gasteiger partial charge in [0.2, 0.25) is 17.7 Å². The van der Waals surface area contributed by atoms with Gasteiger partial charge in [-0.1, -0.05) is 50.2 Å². The molecule has 0 unspecified atom stereocenters. The van der Waals surface area contributed by atoms with E-state index in [-0.39, 0.29) is 23.6 Å². The van der Waals surface area contributed by atoms with Crippen LogP contribution in [0.4, 0.5) is 5.69 Å². The number of benzene rings is 2. The predicted molar refractivity (Wildman–Crippen MR) is 126 cm³/mol. The quantitative estimate of drug-likeness (QED) is 0.613. The van der Waals surface area contributed by atoms with E-state index in [1.807, 2.05) is 56.3 Å². The summed E-state index contributed by atoms with van der Waals surface area (Å²) < 4.78 is 0. The van der Waals surface area contributed by atoms with Gasteiger partial charge in [-0.25, -0.2) is 0 Å². The number of carbonyl (C=O) groups excluding carboxylic acids is 3. The summed E-state index contributed by atoms with van der Waals surface area (Å²) in [4.78, 5) is 40.4. The molecule has 2 aromatic rings. The van der Waals surface area contributed by atoms with Crippen LogP contribution in [0.25, 0.3) is 10.8 Å². The third-order valence-electron chi connectivity index (χ3n) is 5.57. The number of likely N-dealkylation sites (N-methyl/N-ethyl adjacent to an activating group) is 1. The minimum absolute atomic E-state index is 0.104. The Bertz CT molecular complexity index is 959. The molecular weight excluding hydrogens is 412 g/mol. The fourth-order valence-electron chi connectivity index (χ4n) is 3.53. The topological polar surface area (TPSA) is 90.5 Å². The second-order valence-corrected chi connectivity index (χ2v) is 9.08. The molecule has 8 heteroatoms. The van der Waals surface area contributed by atoms with Gasteiger partial charge < -0.3 is 20.9 Å². The molecule has 1 saturated heterocycles. The summed E-state index contributed by atoms with van der Waals surface area (Å²) in [6.45, 7) is 5.52. The molecule has 166 valence electrons. The largest absolute Gasteiger partial charge is 0.343 e. The minimum Gasteiger partial charge on any atom is -0.343 e. The minimum atomic E-state index is -0.685. The highest BCUT2D eigenvalue weighted by atomic mass is 32.2. The van der Waals surface area contributed by atoms with E-state index in [9.17, 15) is 14.4 Å². The van der Waals surface area contributed by atoms with E-state index in [1.165, 1.54) is 11.8 Å². The summed E-state index contributed by atoms with van der Waals surface area (Å²) in [6.07, 6.45) is 0. The van der Waals surface area contributed by atoms with Gasteiger partial charge >= 0.3 is 0 Å². The van der Waals surface area contributed by atoms with E-state index >= 15 is 0 Å². The summed E-state index contributed by atoms with van der Waals surface area (Å²) >= 11 is 1.54. The van der Waals surface area contributed by atoms with E-state index in [0.717, 1.165) is 16.5 Å². The van der Waals surface area contributed by atoms with Crippen molar-refractivity contribution < 1.29 is 14.4 Å². The van der Waals surface area contributed by atoms with Crippen molar-refractivity contribution in [2.75, 3.05) is 24.0 Å². The van der Waals surface area contributed by atoms with Crippen molar-refractivity contribution in [3.05, 3.63) is 42.5 Å². The Hall–Kier alpha value is -2.58. The second kappa shape index (κ2) is 10.2. The molecule has 0 radical (unpaired) electrons. The summed E-state index contributed by atoms with van der Waals surface area (Å²) in [5.74, 6) is 0.161. The van der Waals surface area contributed by atoms with Crippen molar-refractivity contribution in [1.82, 2.24) is 15.5 Å². The number of thioether (sulfide) groups is 1. The Labute approximate surface area is 187 Å². The summed E-state index contributed by atoms with van der Waals surface area (Å²) in [6, 6.07) is 11.9. The first-order valence-corrected chi connectivity index (χ1v) is 11.6. The SMILES string of the molecule is CN[C@@H](C)C(=O)N[C@H](C(=O)N1CSC[C@H]1C(=O)Nc1cccc2ccccc12)C(C)C. The molecule has 0 bridgehead atoms. The van der Waals surface area contributed by atoms with Gasteiger partial charge in [-0.3, -0.25) is 14.4 Å². The third-order valence-corrected chi connectivity index (χ3v) is 6.58. The van der Waals surface area contributed by atoms with Crippen LogP contribution >= 0.6 is 11.8 Å². The normalized spacial score (nSPS) is 18.1. The van der Waals surface area contributed by atoms with Crippen LogP contribution in [0, 0.1) is 5.92 Å². The molecule has 1 aliphatic heterocycles. The van der Waals surface area contributed by atoms with Crippen LogP contribution in [0.2, 0.25) is 0 Å². The van der Waals surface area contributed by atoms with Gasteiger partial charge in [-0.2, -0.15) is 0 Å². The van der Waals surface area contributed by atoms with Crippen LogP contribution in [-0.2, 0) is 14.4 Å². The predicted octanol–water partition coefficient (Wildman–Crippen LogP) is 2.43. The number of rotatable bonds is 7. The Balaban J connectivity index is 1.76. The van der Waals surface area contributed by atoms with Crippen molar-refractivity contribution in [1.29, 1.82) is 0 Å². The lowest BCUT2D eigenvalue weighted by atomic mass is 10.0. The molecule has 2 aromatic carbocycles. The molecule has 0 spiro atoms. The Morgan fingerprint density at radius 3 is 2.48 bits per heavy atom. The molecule has 1 fully saturated rings.